The molecule has 5 heteroatoms. The summed E-state index contributed by atoms with van der Waals surface area (Å²) < 4.78 is 12.2. The van der Waals surface area contributed by atoms with Crippen molar-refractivity contribution in [1.29, 1.82) is 0 Å². The van der Waals surface area contributed by atoms with Gasteiger partial charge < -0.3 is 14.8 Å². The number of nitrogens with one attached hydrogen (secondary N) is 1. The SMILES string of the molecule is CC1=C(C(=O)O[C@@H]2C[C@H](C)CC[C@@H]2C(C)C)CC(C(=O)O[C@@H]2C[C@@H](C)CC[C@H]2C(C)C)=C(C)N1. The van der Waals surface area contributed by atoms with E-state index in [1.54, 1.807) is 0 Å². The van der Waals surface area contributed by atoms with Crippen LogP contribution in [0.5, 0.6) is 0 Å². The van der Waals surface area contributed by atoms with Gasteiger partial charge >= 0.3 is 11.9 Å². The minimum atomic E-state index is -0.293. The van der Waals surface area contributed by atoms with Crippen molar-refractivity contribution in [3.63, 3.8) is 0 Å². The van der Waals surface area contributed by atoms with Crippen LogP contribution in [0.2, 0.25) is 0 Å². The molecule has 0 unspecified atom stereocenters. The number of esters is 2. The maximum Gasteiger partial charge on any atom is 0.336 e. The van der Waals surface area contributed by atoms with E-state index in [9.17, 15) is 9.59 Å². The number of allylic oxidation sites excluding steroid dienone is 2. The molecule has 3 rings (SSSR count). The van der Waals surface area contributed by atoms with Crippen LogP contribution in [-0.2, 0) is 19.1 Å². The van der Waals surface area contributed by atoms with Crippen molar-refractivity contribution in [3.8, 4) is 0 Å². The Morgan fingerprint density at radius 2 is 1.12 bits per heavy atom. The third-order valence-corrected chi connectivity index (χ3v) is 8.57. The zero-order valence-corrected chi connectivity index (χ0v) is 22.7. The highest BCUT2D eigenvalue weighted by molar-refractivity contribution is 5.96. The average Bonchev–Trinajstić information content (AvgIpc) is 2.73. The van der Waals surface area contributed by atoms with Crippen molar-refractivity contribution < 1.29 is 19.1 Å². The Morgan fingerprint density at radius 1 is 0.735 bits per heavy atom. The second kappa shape index (κ2) is 11.3. The summed E-state index contributed by atoms with van der Waals surface area (Å²) in [6.45, 7) is 17.1. The highest BCUT2D eigenvalue weighted by Crippen LogP contribution is 2.38. The third-order valence-electron chi connectivity index (χ3n) is 8.57. The second-order valence-corrected chi connectivity index (χ2v) is 12.0. The molecule has 0 aromatic heterocycles. The molecule has 1 aliphatic heterocycles. The fourth-order valence-electron chi connectivity index (χ4n) is 6.24. The highest BCUT2D eigenvalue weighted by atomic mass is 16.5. The van der Waals surface area contributed by atoms with Gasteiger partial charge in [-0.3, -0.25) is 0 Å². The van der Waals surface area contributed by atoms with E-state index in [-0.39, 0.29) is 30.6 Å². The molecule has 34 heavy (non-hydrogen) atoms. The summed E-state index contributed by atoms with van der Waals surface area (Å²) >= 11 is 0. The lowest BCUT2D eigenvalue weighted by atomic mass is 9.75. The van der Waals surface area contributed by atoms with Crippen molar-refractivity contribution in [3.05, 3.63) is 22.5 Å². The maximum atomic E-state index is 13.3. The standard InChI is InChI=1S/C29H47NO4/c1-16(2)22-11-9-18(5)13-26(22)33-28(31)24-15-25(21(8)30-20(24)7)29(32)34-27-14-19(6)10-12-23(27)17(3)4/h16-19,22-23,26-27,30H,9-15H2,1-8H3/t18-,19+,22-,23+,26-,27-/m1/s1. The number of carbonyl (C=O) groups is 2. The van der Waals surface area contributed by atoms with E-state index in [4.69, 9.17) is 9.47 Å². The van der Waals surface area contributed by atoms with Crippen LogP contribution in [0.25, 0.3) is 0 Å². The number of hydrogen-bond donors (Lipinski definition) is 1. The minimum absolute atomic E-state index is 0.0607. The summed E-state index contributed by atoms with van der Waals surface area (Å²) in [5.41, 5.74) is 2.65. The summed E-state index contributed by atoms with van der Waals surface area (Å²) in [6.07, 6.45) is 6.55. The molecule has 1 N–H and O–H groups in total. The number of rotatable bonds is 6. The Labute approximate surface area is 207 Å². The van der Waals surface area contributed by atoms with Gasteiger partial charge in [-0.25, -0.2) is 9.59 Å². The molecule has 0 saturated heterocycles. The van der Waals surface area contributed by atoms with Gasteiger partial charge in [0.1, 0.15) is 12.2 Å². The van der Waals surface area contributed by atoms with Gasteiger partial charge in [0.05, 0.1) is 11.1 Å². The smallest absolute Gasteiger partial charge is 0.336 e. The summed E-state index contributed by atoms with van der Waals surface area (Å²) in [7, 11) is 0. The Hall–Kier alpha value is -1.78. The van der Waals surface area contributed by atoms with E-state index in [0.717, 1.165) is 37.1 Å². The highest BCUT2D eigenvalue weighted by Gasteiger charge is 2.37. The van der Waals surface area contributed by atoms with Crippen molar-refractivity contribution >= 4 is 11.9 Å². The first-order valence-corrected chi connectivity index (χ1v) is 13.6. The molecular weight excluding hydrogens is 426 g/mol. The molecule has 5 nitrogen and oxygen atoms in total. The lowest BCUT2D eigenvalue weighted by Gasteiger charge is -2.37. The van der Waals surface area contributed by atoms with E-state index >= 15 is 0 Å². The molecule has 0 amide bonds. The first-order valence-electron chi connectivity index (χ1n) is 13.6. The van der Waals surface area contributed by atoms with Crippen molar-refractivity contribution in [2.75, 3.05) is 0 Å². The molecule has 2 aliphatic carbocycles. The monoisotopic (exact) mass is 473 g/mol. The summed E-state index contributed by atoms with van der Waals surface area (Å²) in [4.78, 5) is 26.6. The first kappa shape index (κ1) is 26.8. The summed E-state index contributed by atoms with van der Waals surface area (Å²) in [5, 5.41) is 3.26. The molecule has 2 saturated carbocycles. The van der Waals surface area contributed by atoms with Crippen LogP contribution in [0.15, 0.2) is 22.5 Å². The molecule has 0 spiro atoms. The van der Waals surface area contributed by atoms with E-state index < -0.39 is 0 Å². The van der Waals surface area contributed by atoms with E-state index in [1.165, 1.54) is 12.8 Å². The van der Waals surface area contributed by atoms with Crippen LogP contribution in [0.3, 0.4) is 0 Å². The molecule has 0 radical (unpaired) electrons. The van der Waals surface area contributed by atoms with Gasteiger partial charge in [-0.1, -0.05) is 54.4 Å². The zero-order valence-electron chi connectivity index (χ0n) is 22.7. The second-order valence-electron chi connectivity index (χ2n) is 12.0. The first-order chi connectivity index (χ1) is 16.0. The topological polar surface area (TPSA) is 64.6 Å². The average molecular weight is 474 g/mol. The molecular formula is C29H47NO4. The van der Waals surface area contributed by atoms with Crippen LogP contribution < -0.4 is 5.32 Å². The quantitative estimate of drug-likeness (QED) is 0.444. The Kier molecular flexibility index (Phi) is 8.92. The molecule has 0 bridgehead atoms. The number of carbonyl (C=O) groups excluding carboxylic acids is 2. The molecule has 6 atom stereocenters. The van der Waals surface area contributed by atoms with Crippen molar-refractivity contribution in [1.82, 2.24) is 5.32 Å². The van der Waals surface area contributed by atoms with Crippen LogP contribution in [0.1, 0.15) is 100 Å². The Bertz CT molecular complexity index is 758. The number of ether oxygens (including phenoxy) is 2. The van der Waals surface area contributed by atoms with E-state index in [2.05, 4.69) is 46.9 Å². The molecule has 2 fully saturated rings. The normalized spacial score (nSPS) is 32.6. The molecule has 3 aliphatic rings. The van der Waals surface area contributed by atoms with Gasteiger partial charge in [0.15, 0.2) is 0 Å². The van der Waals surface area contributed by atoms with Crippen LogP contribution in [-0.4, -0.2) is 24.1 Å². The minimum Gasteiger partial charge on any atom is -0.459 e. The Balaban J connectivity index is 1.70. The van der Waals surface area contributed by atoms with Gasteiger partial charge in [0.2, 0.25) is 0 Å². The lowest BCUT2D eigenvalue weighted by Crippen LogP contribution is -2.38. The van der Waals surface area contributed by atoms with Crippen molar-refractivity contribution in [2.24, 2.45) is 35.5 Å². The lowest BCUT2D eigenvalue weighted by molar-refractivity contribution is -0.151. The van der Waals surface area contributed by atoms with Crippen LogP contribution >= 0.6 is 0 Å². The maximum absolute atomic E-state index is 13.3. The fraction of sp³-hybridized carbons (Fsp3) is 0.793. The fourth-order valence-corrected chi connectivity index (χ4v) is 6.24. The Morgan fingerprint density at radius 3 is 1.47 bits per heavy atom. The van der Waals surface area contributed by atoms with E-state index in [0.29, 0.717) is 46.7 Å². The van der Waals surface area contributed by atoms with E-state index in [1.807, 2.05) is 13.8 Å². The van der Waals surface area contributed by atoms with Gasteiger partial charge in [-0.05, 0) is 75.0 Å². The third kappa shape index (κ3) is 6.26. The number of dihydropyridines is 1. The predicted molar refractivity (Wildman–Crippen MR) is 136 cm³/mol. The zero-order chi connectivity index (χ0) is 25.2. The predicted octanol–water partition coefficient (Wildman–Crippen LogP) is 6.54. The van der Waals surface area contributed by atoms with Gasteiger partial charge in [0.25, 0.3) is 0 Å². The largest absolute Gasteiger partial charge is 0.459 e. The van der Waals surface area contributed by atoms with Crippen LogP contribution in [0.4, 0.5) is 0 Å². The van der Waals surface area contributed by atoms with Crippen molar-refractivity contribution in [2.45, 2.75) is 113 Å². The summed E-state index contributed by atoms with van der Waals surface area (Å²) in [6, 6.07) is 0. The molecule has 0 aromatic carbocycles. The van der Waals surface area contributed by atoms with Crippen LogP contribution in [0, 0.1) is 35.5 Å². The van der Waals surface area contributed by atoms with Gasteiger partial charge in [-0.2, -0.15) is 0 Å². The van der Waals surface area contributed by atoms with Gasteiger partial charge in [0, 0.05) is 17.8 Å². The summed E-state index contributed by atoms with van der Waals surface area (Å²) in [5.74, 6) is 2.27. The molecule has 1 heterocycles. The molecule has 192 valence electrons. The van der Waals surface area contributed by atoms with Gasteiger partial charge in [-0.15, -0.1) is 0 Å². The number of hydrogen-bond acceptors (Lipinski definition) is 5. The molecule has 0 aromatic rings.